The molecule has 0 amide bonds. The molecule has 1 saturated heterocycles. The van der Waals surface area contributed by atoms with Gasteiger partial charge in [0.05, 0.1) is 18.8 Å². The Morgan fingerprint density at radius 2 is 2.06 bits per heavy atom. The predicted molar refractivity (Wildman–Crippen MR) is 123 cm³/mol. The van der Waals surface area contributed by atoms with Gasteiger partial charge in [-0.25, -0.2) is 0 Å². The van der Waals surface area contributed by atoms with Gasteiger partial charge in [0.1, 0.15) is 5.75 Å². The van der Waals surface area contributed by atoms with E-state index in [1.165, 1.54) is 24.0 Å². The quantitative estimate of drug-likeness (QED) is 0.650. The number of benzene rings is 1. The number of likely N-dealkylation sites (tertiary alicyclic amines) is 1. The van der Waals surface area contributed by atoms with E-state index in [1.54, 1.807) is 7.11 Å². The molecule has 5 heteroatoms. The number of hydrogen-bond donors (Lipinski definition) is 3. The Labute approximate surface area is 187 Å². The summed E-state index contributed by atoms with van der Waals surface area (Å²) in [6.45, 7) is 7.42. The molecule has 2 saturated carbocycles. The maximum absolute atomic E-state index is 12.7. The average molecular weight is 429 g/mol. The van der Waals surface area contributed by atoms with E-state index in [0.29, 0.717) is 18.8 Å². The third-order valence-electron chi connectivity index (χ3n) is 8.65. The number of rotatable bonds is 6. The maximum Gasteiger partial charge on any atom is 0.119 e. The van der Waals surface area contributed by atoms with Crippen LogP contribution in [0.4, 0.5) is 0 Å². The average Bonchev–Trinajstić information content (AvgIpc) is 3.56. The normalized spacial score (nSPS) is 37.8. The van der Waals surface area contributed by atoms with Crippen LogP contribution in [0.15, 0.2) is 18.2 Å². The summed E-state index contributed by atoms with van der Waals surface area (Å²) in [5.74, 6) is 2.17. The van der Waals surface area contributed by atoms with Gasteiger partial charge in [0.2, 0.25) is 0 Å². The Morgan fingerprint density at radius 3 is 2.77 bits per heavy atom. The third-order valence-corrected chi connectivity index (χ3v) is 8.65. The summed E-state index contributed by atoms with van der Waals surface area (Å²) in [7, 11) is 1.71. The van der Waals surface area contributed by atoms with Gasteiger partial charge < -0.3 is 20.3 Å². The van der Waals surface area contributed by atoms with Crippen molar-refractivity contribution in [3.8, 4) is 5.75 Å². The summed E-state index contributed by atoms with van der Waals surface area (Å²) in [6.07, 6.45) is 6.32. The fourth-order valence-electron chi connectivity index (χ4n) is 6.89. The van der Waals surface area contributed by atoms with Crippen molar-refractivity contribution in [2.24, 2.45) is 11.8 Å². The first-order valence-electron chi connectivity index (χ1n) is 12.4. The van der Waals surface area contributed by atoms with Crippen LogP contribution in [0.25, 0.3) is 0 Å². The van der Waals surface area contributed by atoms with Crippen LogP contribution in [0.3, 0.4) is 0 Å². The molecule has 172 valence electrons. The number of fused-ring (bicyclic) bond motifs is 1. The zero-order valence-electron chi connectivity index (χ0n) is 19.4. The first kappa shape index (κ1) is 21.7. The van der Waals surface area contributed by atoms with E-state index in [1.807, 2.05) is 0 Å². The van der Waals surface area contributed by atoms with Crippen molar-refractivity contribution in [2.45, 2.75) is 88.0 Å². The highest BCUT2D eigenvalue weighted by Gasteiger charge is 2.65. The topological polar surface area (TPSA) is 65.0 Å². The lowest BCUT2D eigenvalue weighted by atomic mass is 9.50. The summed E-state index contributed by atoms with van der Waals surface area (Å²) >= 11 is 0. The van der Waals surface area contributed by atoms with Gasteiger partial charge in [-0.3, -0.25) is 4.90 Å². The number of nitrogens with zero attached hydrogens (tertiary/aromatic N) is 1. The van der Waals surface area contributed by atoms with Gasteiger partial charge in [0, 0.05) is 24.0 Å². The molecule has 3 aliphatic carbocycles. The second-order valence-corrected chi connectivity index (χ2v) is 11.2. The number of aliphatic hydroxyl groups is 2. The molecule has 5 atom stereocenters. The van der Waals surface area contributed by atoms with E-state index in [4.69, 9.17) is 4.74 Å². The van der Waals surface area contributed by atoms with E-state index in [0.717, 1.165) is 50.6 Å². The number of hydrogen-bond acceptors (Lipinski definition) is 5. The zero-order valence-corrected chi connectivity index (χ0v) is 19.4. The molecule has 0 aromatic heterocycles. The van der Waals surface area contributed by atoms with E-state index >= 15 is 0 Å². The Hall–Kier alpha value is -1.14. The van der Waals surface area contributed by atoms with Crippen molar-refractivity contribution in [3.05, 3.63) is 29.3 Å². The van der Waals surface area contributed by atoms with Crippen LogP contribution in [-0.2, 0) is 11.8 Å². The molecule has 1 aliphatic heterocycles. The summed E-state index contributed by atoms with van der Waals surface area (Å²) in [4.78, 5) is 2.61. The standard InChI is InChI=1S/C26H40N2O3/c1-17(2)15-27-22-13-26(30)24-11-19-7-8-20(31-3)12-21(19)25(26,14-23(22)29)9-4-10-28(24)16-18-5-6-18/h7-8,12,17-18,22-24,27,29-30H,4-6,9-11,13-16H2,1-3H3/t22-,23+,24-,25-,26-/m1/s1. The summed E-state index contributed by atoms with van der Waals surface area (Å²) < 4.78 is 5.59. The second kappa shape index (κ2) is 8.02. The van der Waals surface area contributed by atoms with Gasteiger partial charge in [0.25, 0.3) is 0 Å². The fraction of sp³-hybridized carbons (Fsp3) is 0.769. The van der Waals surface area contributed by atoms with Crippen LogP contribution in [0.1, 0.15) is 63.5 Å². The zero-order chi connectivity index (χ0) is 21.8. The van der Waals surface area contributed by atoms with Crippen molar-refractivity contribution in [1.29, 1.82) is 0 Å². The highest BCUT2D eigenvalue weighted by Crippen LogP contribution is 2.58. The predicted octanol–water partition coefficient (Wildman–Crippen LogP) is 2.86. The molecule has 0 radical (unpaired) electrons. The van der Waals surface area contributed by atoms with Crippen molar-refractivity contribution < 1.29 is 14.9 Å². The smallest absolute Gasteiger partial charge is 0.119 e. The van der Waals surface area contributed by atoms with Gasteiger partial charge in [-0.15, -0.1) is 0 Å². The van der Waals surface area contributed by atoms with E-state index in [-0.39, 0.29) is 12.1 Å². The van der Waals surface area contributed by atoms with Crippen LogP contribution in [-0.4, -0.2) is 65.6 Å². The summed E-state index contributed by atoms with van der Waals surface area (Å²) in [6, 6.07) is 6.48. The largest absolute Gasteiger partial charge is 0.497 e. The molecule has 0 spiro atoms. The third kappa shape index (κ3) is 3.62. The lowest BCUT2D eigenvalue weighted by Gasteiger charge is -2.61. The Kier molecular flexibility index (Phi) is 5.61. The molecule has 2 bridgehead atoms. The lowest BCUT2D eigenvalue weighted by Crippen LogP contribution is -2.72. The molecule has 3 N–H and O–H groups in total. The number of ether oxygens (including phenoxy) is 1. The highest BCUT2D eigenvalue weighted by atomic mass is 16.5. The molecular formula is C26H40N2O3. The molecule has 3 fully saturated rings. The SMILES string of the molecule is COc1ccc2c(c1)[C@]13CCCN(CC4CC4)[C@H](C2)[C@]1(O)C[C@@H](NCC(C)C)[C@@H](O)C3. The molecule has 1 aromatic rings. The molecule has 1 heterocycles. The Bertz CT molecular complexity index is 810. The van der Waals surface area contributed by atoms with Crippen LogP contribution in [0, 0.1) is 11.8 Å². The van der Waals surface area contributed by atoms with Gasteiger partial charge >= 0.3 is 0 Å². The van der Waals surface area contributed by atoms with Gasteiger partial charge in [-0.2, -0.15) is 0 Å². The number of methoxy groups -OCH3 is 1. The first-order chi connectivity index (χ1) is 14.9. The fourth-order valence-corrected chi connectivity index (χ4v) is 6.89. The minimum absolute atomic E-state index is 0.0592. The Morgan fingerprint density at radius 1 is 1.26 bits per heavy atom. The molecule has 31 heavy (non-hydrogen) atoms. The van der Waals surface area contributed by atoms with E-state index in [2.05, 4.69) is 42.3 Å². The van der Waals surface area contributed by atoms with Crippen LogP contribution in [0.2, 0.25) is 0 Å². The summed E-state index contributed by atoms with van der Waals surface area (Å²) in [5, 5.41) is 27.6. The van der Waals surface area contributed by atoms with Gasteiger partial charge in [0.15, 0.2) is 0 Å². The molecule has 5 rings (SSSR count). The van der Waals surface area contributed by atoms with Crippen LogP contribution < -0.4 is 10.1 Å². The minimum atomic E-state index is -0.842. The molecule has 0 unspecified atom stereocenters. The van der Waals surface area contributed by atoms with Gasteiger partial charge in [-0.05, 0) is 93.1 Å². The number of aliphatic hydroxyl groups excluding tert-OH is 1. The first-order valence-corrected chi connectivity index (χ1v) is 12.4. The Balaban J connectivity index is 1.58. The molecular weight excluding hydrogens is 388 g/mol. The van der Waals surface area contributed by atoms with Crippen molar-refractivity contribution in [3.63, 3.8) is 0 Å². The minimum Gasteiger partial charge on any atom is -0.497 e. The molecule has 5 nitrogen and oxygen atoms in total. The van der Waals surface area contributed by atoms with Crippen molar-refractivity contribution in [2.75, 3.05) is 26.7 Å². The van der Waals surface area contributed by atoms with Crippen LogP contribution >= 0.6 is 0 Å². The highest BCUT2D eigenvalue weighted by molar-refractivity contribution is 5.48. The summed E-state index contributed by atoms with van der Waals surface area (Å²) in [5.41, 5.74) is 1.30. The van der Waals surface area contributed by atoms with Gasteiger partial charge in [-0.1, -0.05) is 19.9 Å². The van der Waals surface area contributed by atoms with Crippen molar-refractivity contribution in [1.82, 2.24) is 10.2 Å². The van der Waals surface area contributed by atoms with E-state index in [9.17, 15) is 10.2 Å². The molecule has 4 aliphatic rings. The van der Waals surface area contributed by atoms with E-state index < -0.39 is 17.1 Å². The number of nitrogens with one attached hydrogen (secondary N) is 1. The van der Waals surface area contributed by atoms with Crippen molar-refractivity contribution >= 4 is 0 Å². The molecule has 1 aromatic carbocycles. The lowest BCUT2D eigenvalue weighted by molar-refractivity contribution is -0.156. The second-order valence-electron chi connectivity index (χ2n) is 11.2. The monoisotopic (exact) mass is 428 g/mol. The van der Waals surface area contributed by atoms with Crippen LogP contribution in [0.5, 0.6) is 5.75 Å². The maximum atomic E-state index is 12.7.